The van der Waals surface area contributed by atoms with Crippen molar-refractivity contribution < 1.29 is 14.7 Å². The number of carbonyl (C=O) groups is 2. The van der Waals surface area contributed by atoms with Crippen LogP contribution in [0.25, 0.3) is 0 Å². The molecule has 0 saturated heterocycles. The molecule has 0 unspecified atom stereocenters. The number of likely N-dealkylation sites (N-methyl/N-ethyl adjacent to an activating group) is 2. The van der Waals surface area contributed by atoms with Gasteiger partial charge in [0, 0.05) is 19.6 Å². The zero-order chi connectivity index (χ0) is 15.5. The van der Waals surface area contributed by atoms with Crippen molar-refractivity contribution in [1.82, 2.24) is 15.1 Å². The molecule has 0 aromatic carbocycles. The molecule has 0 aromatic heterocycles. The highest BCUT2D eigenvalue weighted by Gasteiger charge is 2.32. The second-order valence-corrected chi connectivity index (χ2v) is 6.70. The monoisotopic (exact) mass is 297 g/mol. The zero-order valence-electron chi connectivity index (χ0n) is 13.1. The number of carbonyl (C=O) groups excluding carboxylic acids is 2. The highest BCUT2D eigenvalue weighted by molar-refractivity contribution is 5.85. The van der Waals surface area contributed by atoms with Crippen LogP contribution in [0.3, 0.4) is 0 Å². The molecule has 0 bridgehead atoms. The third-order valence-electron chi connectivity index (χ3n) is 4.25. The molecule has 6 heteroatoms. The van der Waals surface area contributed by atoms with Crippen LogP contribution < -0.4 is 5.32 Å². The first-order chi connectivity index (χ1) is 9.88. The minimum atomic E-state index is -0.642. The highest BCUT2D eigenvalue weighted by atomic mass is 16.3. The maximum atomic E-state index is 12.1. The van der Waals surface area contributed by atoms with Gasteiger partial charge in [-0.2, -0.15) is 0 Å². The number of aliphatic hydroxyl groups is 1. The summed E-state index contributed by atoms with van der Waals surface area (Å²) < 4.78 is 0. The molecule has 0 heterocycles. The lowest BCUT2D eigenvalue weighted by molar-refractivity contribution is -0.136. The normalized spacial score (nSPS) is 20.6. The van der Waals surface area contributed by atoms with E-state index < -0.39 is 5.60 Å². The van der Waals surface area contributed by atoms with E-state index in [1.807, 2.05) is 11.9 Å². The Bertz CT molecular complexity index is 390. The Morgan fingerprint density at radius 3 is 2.38 bits per heavy atom. The number of hydrogen-bond donors (Lipinski definition) is 2. The fourth-order valence-electron chi connectivity index (χ4n) is 2.91. The first-order valence-corrected chi connectivity index (χ1v) is 7.82. The van der Waals surface area contributed by atoms with Gasteiger partial charge in [0.2, 0.25) is 11.8 Å². The smallest absolute Gasteiger partial charge is 0.239 e. The van der Waals surface area contributed by atoms with Crippen LogP contribution in [0.5, 0.6) is 0 Å². The number of hydrogen-bond acceptors (Lipinski definition) is 4. The molecule has 120 valence electrons. The fourth-order valence-corrected chi connectivity index (χ4v) is 2.91. The van der Waals surface area contributed by atoms with Crippen LogP contribution in [-0.4, -0.2) is 72.1 Å². The second-order valence-electron chi connectivity index (χ2n) is 6.70. The zero-order valence-corrected chi connectivity index (χ0v) is 13.1. The topological polar surface area (TPSA) is 72.9 Å². The number of rotatable bonds is 7. The van der Waals surface area contributed by atoms with Crippen molar-refractivity contribution in [3.63, 3.8) is 0 Å². The number of amides is 2. The molecule has 2 amide bonds. The first kappa shape index (κ1) is 16.2. The fraction of sp³-hybridized carbons (Fsp3) is 0.867. The Morgan fingerprint density at radius 1 is 1.19 bits per heavy atom. The third-order valence-corrected chi connectivity index (χ3v) is 4.25. The Balaban J connectivity index is 1.70. The van der Waals surface area contributed by atoms with Gasteiger partial charge < -0.3 is 15.3 Å². The average molecular weight is 297 g/mol. The summed E-state index contributed by atoms with van der Waals surface area (Å²) >= 11 is 0. The summed E-state index contributed by atoms with van der Waals surface area (Å²) in [6, 6.07) is 0.320. The molecule has 2 rings (SSSR count). The van der Waals surface area contributed by atoms with E-state index in [1.165, 1.54) is 4.90 Å². The van der Waals surface area contributed by atoms with E-state index in [1.54, 1.807) is 7.05 Å². The van der Waals surface area contributed by atoms with E-state index in [4.69, 9.17) is 0 Å². The summed E-state index contributed by atoms with van der Waals surface area (Å²) in [4.78, 5) is 27.1. The maximum absolute atomic E-state index is 12.1. The summed E-state index contributed by atoms with van der Waals surface area (Å²) in [7, 11) is 3.49. The van der Waals surface area contributed by atoms with Gasteiger partial charge in [-0.1, -0.05) is 12.8 Å². The molecular formula is C15H27N3O3. The van der Waals surface area contributed by atoms with E-state index in [2.05, 4.69) is 5.32 Å². The molecule has 2 saturated carbocycles. The molecule has 2 N–H and O–H groups in total. The van der Waals surface area contributed by atoms with Crippen LogP contribution in [0.15, 0.2) is 0 Å². The molecular weight excluding hydrogens is 270 g/mol. The number of nitrogens with zero attached hydrogens (tertiary/aromatic N) is 2. The van der Waals surface area contributed by atoms with Gasteiger partial charge in [0.25, 0.3) is 0 Å². The SMILES string of the molecule is CN(CC(=O)N(C)CC(=O)NC1CC1)CC1(O)CCCC1. The van der Waals surface area contributed by atoms with E-state index >= 15 is 0 Å². The van der Waals surface area contributed by atoms with Crippen molar-refractivity contribution in [3.8, 4) is 0 Å². The predicted octanol–water partition coefficient (Wildman–Crippen LogP) is -0.0397. The summed E-state index contributed by atoms with van der Waals surface area (Å²) in [5, 5.41) is 13.2. The summed E-state index contributed by atoms with van der Waals surface area (Å²) in [5.74, 6) is -0.185. The van der Waals surface area contributed by atoms with E-state index in [-0.39, 0.29) is 24.9 Å². The van der Waals surface area contributed by atoms with Crippen molar-refractivity contribution in [2.24, 2.45) is 0 Å². The van der Waals surface area contributed by atoms with Crippen LogP contribution in [0.2, 0.25) is 0 Å². The summed E-state index contributed by atoms with van der Waals surface area (Å²) in [6.07, 6.45) is 5.82. The van der Waals surface area contributed by atoms with Crippen molar-refractivity contribution in [3.05, 3.63) is 0 Å². The van der Waals surface area contributed by atoms with Crippen LogP contribution in [-0.2, 0) is 9.59 Å². The van der Waals surface area contributed by atoms with E-state index in [0.717, 1.165) is 38.5 Å². The van der Waals surface area contributed by atoms with Gasteiger partial charge in [0.05, 0.1) is 18.7 Å². The Kier molecular flexibility index (Phi) is 5.22. The molecule has 0 spiro atoms. The summed E-state index contributed by atoms with van der Waals surface area (Å²) in [6.45, 7) is 0.851. The maximum Gasteiger partial charge on any atom is 0.239 e. The highest BCUT2D eigenvalue weighted by Crippen LogP contribution is 2.29. The quantitative estimate of drug-likeness (QED) is 0.692. The average Bonchev–Trinajstić information content (AvgIpc) is 3.09. The largest absolute Gasteiger partial charge is 0.389 e. The molecule has 6 nitrogen and oxygen atoms in total. The minimum Gasteiger partial charge on any atom is -0.389 e. The predicted molar refractivity (Wildman–Crippen MR) is 79.7 cm³/mol. The molecule has 21 heavy (non-hydrogen) atoms. The van der Waals surface area contributed by atoms with E-state index in [0.29, 0.717) is 12.6 Å². The summed E-state index contributed by atoms with van der Waals surface area (Å²) in [5.41, 5.74) is -0.642. The molecule has 2 aliphatic carbocycles. The van der Waals surface area contributed by atoms with Crippen LogP contribution >= 0.6 is 0 Å². The molecule has 0 radical (unpaired) electrons. The lowest BCUT2D eigenvalue weighted by atomic mass is 10.0. The van der Waals surface area contributed by atoms with Crippen molar-refractivity contribution >= 4 is 11.8 Å². The minimum absolute atomic E-state index is 0.0922. The van der Waals surface area contributed by atoms with Crippen molar-refractivity contribution in [2.75, 3.05) is 33.7 Å². The van der Waals surface area contributed by atoms with Gasteiger partial charge in [-0.25, -0.2) is 0 Å². The van der Waals surface area contributed by atoms with Crippen LogP contribution in [0, 0.1) is 0 Å². The van der Waals surface area contributed by atoms with Gasteiger partial charge >= 0.3 is 0 Å². The van der Waals surface area contributed by atoms with Crippen LogP contribution in [0.1, 0.15) is 38.5 Å². The van der Waals surface area contributed by atoms with Crippen molar-refractivity contribution in [2.45, 2.75) is 50.2 Å². The van der Waals surface area contributed by atoms with E-state index in [9.17, 15) is 14.7 Å². The lowest BCUT2D eigenvalue weighted by Gasteiger charge is -2.29. The Hall–Kier alpha value is -1.14. The Morgan fingerprint density at radius 2 is 1.81 bits per heavy atom. The second kappa shape index (κ2) is 6.75. The lowest BCUT2D eigenvalue weighted by Crippen LogP contribution is -2.46. The molecule has 2 aliphatic rings. The van der Waals surface area contributed by atoms with Gasteiger partial charge in [0.15, 0.2) is 0 Å². The standard InChI is InChI=1S/C15H27N3O3/c1-17(11-15(21)7-3-4-8-15)10-14(20)18(2)9-13(19)16-12-5-6-12/h12,21H,3-11H2,1-2H3,(H,16,19). The van der Waals surface area contributed by atoms with Gasteiger partial charge in [0.1, 0.15) is 0 Å². The number of nitrogens with one attached hydrogen (secondary N) is 1. The molecule has 2 fully saturated rings. The third kappa shape index (κ3) is 5.28. The van der Waals surface area contributed by atoms with Crippen LogP contribution in [0.4, 0.5) is 0 Å². The van der Waals surface area contributed by atoms with Gasteiger partial charge in [-0.15, -0.1) is 0 Å². The van der Waals surface area contributed by atoms with Gasteiger partial charge in [-0.05, 0) is 32.7 Å². The van der Waals surface area contributed by atoms with Crippen molar-refractivity contribution in [1.29, 1.82) is 0 Å². The molecule has 0 aromatic rings. The molecule has 0 atom stereocenters. The first-order valence-electron chi connectivity index (χ1n) is 7.82. The Labute approximate surface area is 126 Å². The molecule has 0 aliphatic heterocycles. The van der Waals surface area contributed by atoms with Gasteiger partial charge in [-0.3, -0.25) is 14.5 Å².